The smallest absolute Gasteiger partial charge is 0.341 e. The summed E-state index contributed by atoms with van der Waals surface area (Å²) in [5.74, 6) is -1.48. The summed E-state index contributed by atoms with van der Waals surface area (Å²) in [4.78, 5) is 11.1. The highest BCUT2D eigenvalue weighted by atomic mass is 19.1. The number of carbonyl (C=O) groups is 1. The first-order valence-corrected chi connectivity index (χ1v) is 4.82. The third-order valence-corrected chi connectivity index (χ3v) is 2.42. The van der Waals surface area contributed by atoms with Crippen LogP contribution < -0.4 is 5.73 Å². The SMILES string of the molecule is Cn1nc(-c2ccc(F)cc2)c(C(=O)O)c1N. The highest BCUT2D eigenvalue weighted by Crippen LogP contribution is 2.26. The summed E-state index contributed by atoms with van der Waals surface area (Å²) < 4.78 is 14.1. The molecule has 2 aromatic rings. The van der Waals surface area contributed by atoms with Gasteiger partial charge < -0.3 is 10.8 Å². The summed E-state index contributed by atoms with van der Waals surface area (Å²) in [6.07, 6.45) is 0. The Morgan fingerprint density at radius 1 is 1.41 bits per heavy atom. The van der Waals surface area contributed by atoms with Crippen molar-refractivity contribution in [1.29, 1.82) is 0 Å². The second-order valence-corrected chi connectivity index (χ2v) is 3.54. The predicted molar refractivity (Wildman–Crippen MR) is 60.0 cm³/mol. The second-order valence-electron chi connectivity index (χ2n) is 3.54. The van der Waals surface area contributed by atoms with Crippen LogP contribution in [-0.2, 0) is 7.05 Å². The van der Waals surface area contributed by atoms with E-state index in [-0.39, 0.29) is 17.1 Å². The van der Waals surface area contributed by atoms with Crippen LogP contribution >= 0.6 is 0 Å². The number of aromatic nitrogens is 2. The van der Waals surface area contributed by atoms with E-state index in [1.54, 1.807) is 7.05 Å². The van der Waals surface area contributed by atoms with Crippen LogP contribution in [0.2, 0.25) is 0 Å². The van der Waals surface area contributed by atoms with E-state index < -0.39 is 11.8 Å². The molecule has 0 spiro atoms. The van der Waals surface area contributed by atoms with Gasteiger partial charge >= 0.3 is 5.97 Å². The number of hydrogen-bond acceptors (Lipinski definition) is 3. The van der Waals surface area contributed by atoms with E-state index in [1.807, 2.05) is 0 Å². The lowest BCUT2D eigenvalue weighted by atomic mass is 10.1. The summed E-state index contributed by atoms with van der Waals surface area (Å²) in [5.41, 5.74) is 6.29. The molecular weight excluding hydrogens is 225 g/mol. The fraction of sp³-hybridized carbons (Fsp3) is 0.0909. The number of aromatic carboxylic acids is 1. The van der Waals surface area contributed by atoms with Crippen LogP contribution in [0, 0.1) is 5.82 Å². The predicted octanol–water partition coefficient (Wildman–Crippen LogP) is 1.51. The first-order chi connectivity index (χ1) is 8.00. The lowest BCUT2D eigenvalue weighted by molar-refractivity contribution is 0.0699. The summed E-state index contributed by atoms with van der Waals surface area (Å²) in [6.45, 7) is 0. The van der Waals surface area contributed by atoms with Gasteiger partial charge in [0.1, 0.15) is 22.9 Å². The number of aryl methyl sites for hydroxylation is 1. The monoisotopic (exact) mass is 235 g/mol. The zero-order valence-corrected chi connectivity index (χ0v) is 9.01. The standard InChI is InChI=1S/C11H10FN3O2/c1-15-10(13)8(11(16)17)9(14-15)6-2-4-7(12)5-3-6/h2-5H,13H2,1H3,(H,16,17). The van der Waals surface area contributed by atoms with Gasteiger partial charge in [-0.05, 0) is 24.3 Å². The van der Waals surface area contributed by atoms with Crippen molar-refractivity contribution in [3.63, 3.8) is 0 Å². The fourth-order valence-corrected chi connectivity index (χ4v) is 1.56. The Labute approximate surface area is 96.3 Å². The quantitative estimate of drug-likeness (QED) is 0.826. The third kappa shape index (κ3) is 1.84. The van der Waals surface area contributed by atoms with Gasteiger partial charge in [-0.25, -0.2) is 9.18 Å². The molecule has 0 fully saturated rings. The lowest BCUT2D eigenvalue weighted by Crippen LogP contribution is -2.04. The Morgan fingerprint density at radius 2 is 2.00 bits per heavy atom. The van der Waals surface area contributed by atoms with E-state index in [4.69, 9.17) is 10.8 Å². The van der Waals surface area contributed by atoms with Gasteiger partial charge in [0.05, 0.1) is 0 Å². The topological polar surface area (TPSA) is 81.1 Å². The summed E-state index contributed by atoms with van der Waals surface area (Å²) >= 11 is 0. The Balaban J connectivity index is 2.63. The maximum absolute atomic E-state index is 12.8. The van der Waals surface area contributed by atoms with Crippen molar-refractivity contribution >= 4 is 11.8 Å². The molecule has 88 valence electrons. The van der Waals surface area contributed by atoms with Crippen LogP contribution in [-0.4, -0.2) is 20.9 Å². The first-order valence-electron chi connectivity index (χ1n) is 4.82. The molecule has 0 unspecified atom stereocenters. The van der Waals surface area contributed by atoms with Crippen molar-refractivity contribution in [2.24, 2.45) is 7.05 Å². The molecule has 5 nitrogen and oxygen atoms in total. The van der Waals surface area contributed by atoms with Crippen LogP contribution in [0.15, 0.2) is 24.3 Å². The Bertz CT molecular complexity index is 575. The molecule has 0 radical (unpaired) electrons. The number of anilines is 1. The van der Waals surface area contributed by atoms with Crippen LogP contribution in [0.3, 0.4) is 0 Å². The number of nitrogens with two attached hydrogens (primary N) is 1. The van der Waals surface area contributed by atoms with Gasteiger partial charge in [-0.1, -0.05) is 0 Å². The van der Waals surface area contributed by atoms with Crippen molar-refractivity contribution in [2.45, 2.75) is 0 Å². The fourth-order valence-electron chi connectivity index (χ4n) is 1.56. The number of benzene rings is 1. The maximum Gasteiger partial charge on any atom is 0.341 e. The molecule has 0 amide bonds. The molecule has 17 heavy (non-hydrogen) atoms. The van der Waals surface area contributed by atoms with Crippen molar-refractivity contribution in [3.8, 4) is 11.3 Å². The minimum Gasteiger partial charge on any atom is -0.477 e. The summed E-state index contributed by atoms with van der Waals surface area (Å²) in [5, 5.41) is 13.1. The van der Waals surface area contributed by atoms with Gasteiger partial charge in [0.2, 0.25) is 0 Å². The molecule has 6 heteroatoms. The largest absolute Gasteiger partial charge is 0.477 e. The second kappa shape index (κ2) is 3.89. The molecule has 0 atom stereocenters. The van der Waals surface area contributed by atoms with Crippen LogP contribution in [0.4, 0.5) is 10.2 Å². The van der Waals surface area contributed by atoms with Gasteiger partial charge in [0.25, 0.3) is 0 Å². The Hall–Kier alpha value is -2.37. The van der Waals surface area contributed by atoms with Gasteiger partial charge in [-0.15, -0.1) is 0 Å². The van der Waals surface area contributed by atoms with Crippen LogP contribution in [0.5, 0.6) is 0 Å². The van der Waals surface area contributed by atoms with Crippen molar-refractivity contribution in [1.82, 2.24) is 9.78 Å². The molecule has 3 N–H and O–H groups in total. The van der Waals surface area contributed by atoms with E-state index in [1.165, 1.54) is 28.9 Å². The molecule has 1 aromatic heterocycles. The summed E-state index contributed by atoms with van der Waals surface area (Å²) in [6, 6.07) is 5.41. The highest BCUT2D eigenvalue weighted by Gasteiger charge is 2.21. The first kappa shape index (κ1) is 11.1. The number of carboxylic acid groups (broad SMARTS) is 1. The Kier molecular flexibility index (Phi) is 2.55. The maximum atomic E-state index is 12.8. The molecule has 0 saturated heterocycles. The molecule has 1 aromatic carbocycles. The normalized spacial score (nSPS) is 10.5. The van der Waals surface area contributed by atoms with Crippen molar-refractivity contribution in [3.05, 3.63) is 35.6 Å². The lowest BCUT2D eigenvalue weighted by Gasteiger charge is -1.98. The number of halogens is 1. The molecule has 2 rings (SSSR count). The van der Waals surface area contributed by atoms with E-state index >= 15 is 0 Å². The van der Waals surface area contributed by atoms with E-state index in [2.05, 4.69) is 5.10 Å². The van der Waals surface area contributed by atoms with Crippen molar-refractivity contribution in [2.75, 3.05) is 5.73 Å². The highest BCUT2D eigenvalue weighted by molar-refractivity contribution is 5.99. The molecule has 0 saturated carbocycles. The molecule has 0 aliphatic carbocycles. The number of hydrogen-bond donors (Lipinski definition) is 2. The van der Waals surface area contributed by atoms with Gasteiger partial charge in [0.15, 0.2) is 0 Å². The zero-order valence-electron chi connectivity index (χ0n) is 9.01. The minimum atomic E-state index is -1.16. The van der Waals surface area contributed by atoms with Crippen molar-refractivity contribution < 1.29 is 14.3 Å². The van der Waals surface area contributed by atoms with Crippen LogP contribution in [0.1, 0.15) is 10.4 Å². The van der Waals surface area contributed by atoms with Gasteiger partial charge in [-0.2, -0.15) is 5.10 Å². The Morgan fingerprint density at radius 3 is 2.53 bits per heavy atom. The van der Waals surface area contributed by atoms with E-state index in [9.17, 15) is 9.18 Å². The van der Waals surface area contributed by atoms with Crippen LogP contribution in [0.25, 0.3) is 11.3 Å². The van der Waals surface area contributed by atoms with E-state index in [0.717, 1.165) is 0 Å². The zero-order chi connectivity index (χ0) is 12.6. The number of nitrogens with zero attached hydrogens (tertiary/aromatic N) is 2. The summed E-state index contributed by atoms with van der Waals surface area (Å²) in [7, 11) is 1.55. The third-order valence-electron chi connectivity index (χ3n) is 2.42. The molecule has 0 aliphatic rings. The average molecular weight is 235 g/mol. The molecule has 0 aliphatic heterocycles. The van der Waals surface area contributed by atoms with E-state index in [0.29, 0.717) is 5.56 Å². The number of nitrogen functional groups attached to an aromatic ring is 1. The number of carboxylic acids is 1. The molecular formula is C11H10FN3O2. The number of rotatable bonds is 2. The molecule has 0 bridgehead atoms. The van der Waals surface area contributed by atoms with Gasteiger partial charge in [0, 0.05) is 12.6 Å². The molecule has 1 heterocycles. The minimum absolute atomic E-state index is 0.0665. The average Bonchev–Trinajstić information content (AvgIpc) is 2.56. The van der Waals surface area contributed by atoms with Gasteiger partial charge in [-0.3, -0.25) is 4.68 Å².